The van der Waals surface area contributed by atoms with Crippen LogP contribution in [0.3, 0.4) is 0 Å². The van der Waals surface area contributed by atoms with E-state index in [9.17, 15) is 4.79 Å². The Morgan fingerprint density at radius 2 is 2.50 bits per heavy atom. The van der Waals surface area contributed by atoms with Crippen molar-refractivity contribution in [2.24, 2.45) is 5.92 Å². The van der Waals surface area contributed by atoms with Gasteiger partial charge in [0.15, 0.2) is 0 Å². The third-order valence-electron chi connectivity index (χ3n) is 2.14. The van der Waals surface area contributed by atoms with Crippen molar-refractivity contribution in [2.45, 2.75) is 6.42 Å². The van der Waals surface area contributed by atoms with Gasteiger partial charge in [0.05, 0.1) is 0 Å². The number of amides is 1. The number of hydrogen-bond acceptors (Lipinski definition) is 2. The molecular weight excluding hydrogens is 220 g/mol. The molecule has 1 amide bonds. The van der Waals surface area contributed by atoms with Crippen LogP contribution in [0.2, 0.25) is 0 Å². The highest BCUT2D eigenvalue weighted by Crippen LogP contribution is 2.18. The molecule has 0 bridgehead atoms. The van der Waals surface area contributed by atoms with Gasteiger partial charge in [-0.3, -0.25) is 4.79 Å². The summed E-state index contributed by atoms with van der Waals surface area (Å²) in [5.74, 6) is 0.823. The van der Waals surface area contributed by atoms with Crippen LogP contribution in [0.1, 0.15) is 6.42 Å². The first-order valence-corrected chi connectivity index (χ1v) is 5.38. The van der Waals surface area contributed by atoms with Crippen LogP contribution in [-0.2, 0) is 4.79 Å². The fourth-order valence-electron chi connectivity index (χ4n) is 1.42. The molecule has 1 aliphatic heterocycles. The molecule has 1 saturated heterocycles. The molecule has 3 nitrogen and oxygen atoms in total. The van der Waals surface area contributed by atoms with E-state index in [4.69, 9.17) is 0 Å². The molecule has 4 heteroatoms. The van der Waals surface area contributed by atoms with E-state index in [0.717, 1.165) is 31.4 Å². The molecule has 1 aliphatic rings. The van der Waals surface area contributed by atoms with Crippen molar-refractivity contribution >= 4 is 21.8 Å². The lowest BCUT2D eigenvalue weighted by Gasteiger charge is -2.15. The molecule has 1 N–H and O–H groups in total. The Balaban J connectivity index is 2.31. The molecule has 1 unspecified atom stereocenters. The maximum Gasteiger partial charge on any atom is 0.222 e. The molecule has 0 saturated carbocycles. The topological polar surface area (TPSA) is 32.3 Å². The second kappa shape index (κ2) is 4.82. The van der Waals surface area contributed by atoms with Gasteiger partial charge in [0, 0.05) is 31.4 Å². The number of hydrogen-bond donors (Lipinski definition) is 1. The van der Waals surface area contributed by atoms with E-state index in [1.807, 2.05) is 11.9 Å². The van der Waals surface area contributed by atoms with Crippen LogP contribution in [0.5, 0.6) is 0 Å². The van der Waals surface area contributed by atoms with E-state index in [0.29, 0.717) is 11.8 Å². The number of halogens is 1. The summed E-state index contributed by atoms with van der Waals surface area (Å²) in [6, 6.07) is 0. The Bertz CT molecular complexity index is 163. The maximum absolute atomic E-state index is 11.3. The van der Waals surface area contributed by atoms with Gasteiger partial charge in [-0.1, -0.05) is 15.9 Å². The number of nitrogens with zero attached hydrogens (tertiary/aromatic N) is 1. The summed E-state index contributed by atoms with van der Waals surface area (Å²) in [5.41, 5.74) is 0. The van der Waals surface area contributed by atoms with Crippen molar-refractivity contribution in [3.63, 3.8) is 0 Å². The zero-order chi connectivity index (χ0) is 8.97. The van der Waals surface area contributed by atoms with Gasteiger partial charge in [-0.2, -0.15) is 0 Å². The van der Waals surface area contributed by atoms with Crippen LogP contribution in [0.25, 0.3) is 0 Å². The molecule has 1 fully saturated rings. The van der Waals surface area contributed by atoms with Crippen LogP contribution in [-0.4, -0.2) is 42.8 Å². The van der Waals surface area contributed by atoms with Crippen molar-refractivity contribution in [2.75, 3.05) is 32.0 Å². The molecular formula is C8H15BrN2O. The molecule has 1 heterocycles. The van der Waals surface area contributed by atoms with E-state index >= 15 is 0 Å². The minimum Gasteiger partial charge on any atom is -0.341 e. The fraction of sp³-hybridized carbons (Fsp3) is 0.875. The molecule has 0 aromatic rings. The van der Waals surface area contributed by atoms with Crippen molar-refractivity contribution in [3.8, 4) is 0 Å². The highest BCUT2D eigenvalue weighted by atomic mass is 79.9. The summed E-state index contributed by atoms with van der Waals surface area (Å²) >= 11 is 3.40. The number of likely N-dealkylation sites (N-methyl/N-ethyl adjacent to an activating group) is 1. The second-order valence-electron chi connectivity index (χ2n) is 3.17. The largest absolute Gasteiger partial charge is 0.341 e. The minimum atomic E-state index is 0.301. The predicted octanol–water partition coefficient (Wildman–Crippen LogP) is 0.449. The summed E-state index contributed by atoms with van der Waals surface area (Å²) in [5, 5.41) is 3.98. The van der Waals surface area contributed by atoms with Gasteiger partial charge in [-0.25, -0.2) is 0 Å². The number of carbonyl (C=O) groups excluding carboxylic acids is 1. The van der Waals surface area contributed by atoms with E-state index in [1.54, 1.807) is 0 Å². The smallest absolute Gasteiger partial charge is 0.222 e. The van der Waals surface area contributed by atoms with E-state index in [-0.39, 0.29) is 0 Å². The molecule has 0 aromatic carbocycles. The highest BCUT2D eigenvalue weighted by molar-refractivity contribution is 9.09. The number of alkyl halides is 1. The van der Waals surface area contributed by atoms with Crippen molar-refractivity contribution < 1.29 is 4.79 Å². The zero-order valence-electron chi connectivity index (χ0n) is 7.35. The second-order valence-corrected chi connectivity index (χ2v) is 3.82. The Kier molecular flexibility index (Phi) is 4.01. The standard InChI is InChI=1S/C8H15BrN2O/c1-10-2-3-11-6-7(5-9)4-8(11)12/h7,10H,2-6H2,1H3. The first-order valence-electron chi connectivity index (χ1n) is 4.26. The predicted molar refractivity (Wildman–Crippen MR) is 52.4 cm³/mol. The Labute approximate surface area is 81.6 Å². The van der Waals surface area contributed by atoms with Gasteiger partial charge in [0.1, 0.15) is 0 Å². The van der Waals surface area contributed by atoms with Gasteiger partial charge in [-0.15, -0.1) is 0 Å². The SMILES string of the molecule is CNCCN1CC(CBr)CC1=O. The molecule has 1 atom stereocenters. The van der Waals surface area contributed by atoms with Crippen LogP contribution in [0.4, 0.5) is 0 Å². The number of likely N-dealkylation sites (tertiary alicyclic amines) is 1. The maximum atomic E-state index is 11.3. The lowest BCUT2D eigenvalue weighted by Crippen LogP contribution is -2.32. The van der Waals surface area contributed by atoms with Gasteiger partial charge in [-0.05, 0) is 13.0 Å². The number of nitrogens with one attached hydrogen (secondary N) is 1. The first-order chi connectivity index (χ1) is 5.77. The first kappa shape index (κ1) is 9.99. The van der Waals surface area contributed by atoms with Gasteiger partial charge in [0.2, 0.25) is 5.91 Å². The Hall–Kier alpha value is -0.0900. The quantitative estimate of drug-likeness (QED) is 0.717. The molecule has 0 aromatic heterocycles. The van der Waals surface area contributed by atoms with Crippen LogP contribution >= 0.6 is 15.9 Å². The molecule has 0 aliphatic carbocycles. The highest BCUT2D eigenvalue weighted by Gasteiger charge is 2.27. The lowest BCUT2D eigenvalue weighted by atomic mass is 10.2. The van der Waals surface area contributed by atoms with E-state index in [1.165, 1.54) is 0 Å². The Morgan fingerprint density at radius 3 is 3.00 bits per heavy atom. The zero-order valence-corrected chi connectivity index (χ0v) is 8.93. The molecule has 1 rings (SSSR count). The van der Waals surface area contributed by atoms with E-state index in [2.05, 4.69) is 21.2 Å². The average Bonchev–Trinajstić information content (AvgIpc) is 2.43. The molecule has 0 spiro atoms. The molecule has 12 heavy (non-hydrogen) atoms. The normalized spacial score (nSPS) is 23.7. The summed E-state index contributed by atoms with van der Waals surface area (Å²) < 4.78 is 0. The monoisotopic (exact) mass is 234 g/mol. The average molecular weight is 235 g/mol. The molecule has 70 valence electrons. The van der Waals surface area contributed by atoms with Crippen LogP contribution in [0.15, 0.2) is 0 Å². The van der Waals surface area contributed by atoms with Crippen molar-refractivity contribution in [1.29, 1.82) is 0 Å². The fourth-order valence-corrected chi connectivity index (χ4v) is 1.85. The van der Waals surface area contributed by atoms with Crippen molar-refractivity contribution in [3.05, 3.63) is 0 Å². The summed E-state index contributed by atoms with van der Waals surface area (Å²) in [4.78, 5) is 13.3. The van der Waals surface area contributed by atoms with Gasteiger partial charge >= 0.3 is 0 Å². The van der Waals surface area contributed by atoms with Crippen LogP contribution in [0, 0.1) is 5.92 Å². The van der Waals surface area contributed by atoms with Gasteiger partial charge in [0.25, 0.3) is 0 Å². The summed E-state index contributed by atoms with van der Waals surface area (Å²) in [7, 11) is 1.91. The van der Waals surface area contributed by atoms with Crippen LogP contribution < -0.4 is 5.32 Å². The van der Waals surface area contributed by atoms with Crippen molar-refractivity contribution in [1.82, 2.24) is 10.2 Å². The Morgan fingerprint density at radius 1 is 1.75 bits per heavy atom. The number of rotatable bonds is 4. The lowest BCUT2D eigenvalue weighted by molar-refractivity contribution is -0.127. The third kappa shape index (κ3) is 2.45. The minimum absolute atomic E-state index is 0.301. The summed E-state index contributed by atoms with van der Waals surface area (Å²) in [6.45, 7) is 2.66. The number of carbonyl (C=O) groups is 1. The summed E-state index contributed by atoms with van der Waals surface area (Å²) in [6.07, 6.45) is 0.717. The third-order valence-corrected chi connectivity index (χ3v) is 3.06. The van der Waals surface area contributed by atoms with E-state index < -0.39 is 0 Å². The van der Waals surface area contributed by atoms with Gasteiger partial charge < -0.3 is 10.2 Å². The molecule has 0 radical (unpaired) electrons.